The van der Waals surface area contributed by atoms with Gasteiger partial charge in [0.15, 0.2) is 5.13 Å². The van der Waals surface area contributed by atoms with E-state index in [4.69, 9.17) is 30.8 Å². The summed E-state index contributed by atoms with van der Waals surface area (Å²) in [7, 11) is 3.17. The van der Waals surface area contributed by atoms with Crippen LogP contribution in [0.3, 0.4) is 0 Å². The number of anilines is 1. The van der Waals surface area contributed by atoms with E-state index in [1.165, 1.54) is 11.3 Å². The molecule has 0 radical (unpaired) electrons. The molecule has 0 aliphatic carbocycles. The minimum atomic E-state index is -0.196. The number of halogens is 1. The van der Waals surface area contributed by atoms with Crippen LogP contribution < -0.4 is 14.4 Å². The average molecular weight is 462 g/mol. The summed E-state index contributed by atoms with van der Waals surface area (Å²) in [5.74, 6) is 1.01. The van der Waals surface area contributed by atoms with E-state index in [-0.39, 0.29) is 5.91 Å². The fourth-order valence-corrected chi connectivity index (χ4v) is 4.62. The van der Waals surface area contributed by atoms with E-state index in [9.17, 15) is 4.79 Å². The normalized spacial score (nSPS) is 14.5. The molecule has 4 rings (SSSR count). The summed E-state index contributed by atoms with van der Waals surface area (Å²) in [4.78, 5) is 22.4. The molecule has 31 heavy (non-hydrogen) atoms. The quantitative estimate of drug-likeness (QED) is 0.531. The predicted molar refractivity (Wildman–Crippen MR) is 123 cm³/mol. The molecule has 7 nitrogen and oxygen atoms in total. The molecule has 0 spiro atoms. The van der Waals surface area contributed by atoms with Crippen LogP contribution in [0.4, 0.5) is 5.13 Å². The number of nitrogens with zero attached hydrogens (tertiary/aromatic N) is 3. The lowest BCUT2D eigenvalue weighted by molar-refractivity contribution is 0.0391. The summed E-state index contributed by atoms with van der Waals surface area (Å²) < 4.78 is 17.2. The van der Waals surface area contributed by atoms with Gasteiger partial charge in [0.05, 0.1) is 43.2 Å². The van der Waals surface area contributed by atoms with Gasteiger partial charge < -0.3 is 14.2 Å². The van der Waals surface area contributed by atoms with Gasteiger partial charge in [0.1, 0.15) is 11.5 Å². The van der Waals surface area contributed by atoms with Crippen LogP contribution in [0.5, 0.6) is 11.5 Å². The molecular formula is C22H24ClN3O4S. The second-order valence-electron chi connectivity index (χ2n) is 7.09. The number of morpholine rings is 1. The van der Waals surface area contributed by atoms with Crippen LogP contribution in [-0.4, -0.2) is 69.4 Å². The van der Waals surface area contributed by atoms with Crippen molar-refractivity contribution in [1.82, 2.24) is 9.88 Å². The summed E-state index contributed by atoms with van der Waals surface area (Å²) >= 11 is 7.66. The lowest BCUT2D eigenvalue weighted by Crippen LogP contribution is -2.43. The molecule has 1 saturated heterocycles. The second kappa shape index (κ2) is 9.82. The zero-order valence-electron chi connectivity index (χ0n) is 17.5. The van der Waals surface area contributed by atoms with Crippen LogP contribution in [0.15, 0.2) is 36.4 Å². The third-order valence-corrected chi connectivity index (χ3v) is 6.49. The Morgan fingerprint density at radius 1 is 1.19 bits per heavy atom. The molecule has 2 heterocycles. The first kappa shape index (κ1) is 21.8. The number of rotatable bonds is 7. The molecule has 0 atom stereocenters. The van der Waals surface area contributed by atoms with Gasteiger partial charge in [-0.2, -0.15) is 0 Å². The first-order valence-electron chi connectivity index (χ1n) is 9.99. The van der Waals surface area contributed by atoms with Gasteiger partial charge in [-0.05, 0) is 30.3 Å². The molecule has 1 aliphatic heterocycles. The Bertz CT molecular complexity index is 1070. The topological polar surface area (TPSA) is 64.1 Å². The van der Waals surface area contributed by atoms with Crippen molar-refractivity contribution < 1.29 is 19.0 Å². The molecule has 0 bridgehead atoms. The molecule has 2 aromatic carbocycles. The molecular weight excluding hydrogens is 438 g/mol. The maximum Gasteiger partial charge on any atom is 0.263 e. The Labute approximate surface area is 190 Å². The number of hydrogen-bond donors (Lipinski definition) is 0. The highest BCUT2D eigenvalue weighted by Gasteiger charge is 2.25. The summed E-state index contributed by atoms with van der Waals surface area (Å²) in [5, 5.41) is 1.11. The predicted octanol–water partition coefficient (Wildman–Crippen LogP) is 3.95. The van der Waals surface area contributed by atoms with Gasteiger partial charge in [0.2, 0.25) is 0 Å². The fraction of sp³-hybridized carbons (Fsp3) is 0.364. The fourth-order valence-electron chi connectivity index (χ4n) is 3.48. The molecule has 3 aromatic rings. The van der Waals surface area contributed by atoms with Crippen molar-refractivity contribution >= 4 is 44.2 Å². The van der Waals surface area contributed by atoms with Gasteiger partial charge in [-0.3, -0.25) is 14.6 Å². The van der Waals surface area contributed by atoms with Crippen LogP contribution >= 0.6 is 22.9 Å². The average Bonchev–Trinajstić information content (AvgIpc) is 3.22. The van der Waals surface area contributed by atoms with Crippen LogP contribution in [0.2, 0.25) is 5.02 Å². The van der Waals surface area contributed by atoms with Crippen molar-refractivity contribution in [2.75, 3.05) is 58.5 Å². The third kappa shape index (κ3) is 4.93. The Balaban J connectivity index is 1.68. The van der Waals surface area contributed by atoms with E-state index in [1.54, 1.807) is 37.3 Å². The second-order valence-corrected chi connectivity index (χ2v) is 8.53. The number of fused-ring (bicyclic) bond motifs is 1. The maximum atomic E-state index is 13.6. The molecule has 9 heteroatoms. The van der Waals surface area contributed by atoms with Gasteiger partial charge in [0.25, 0.3) is 5.91 Å². The Hall–Kier alpha value is -2.39. The molecule has 1 amide bonds. The van der Waals surface area contributed by atoms with E-state index >= 15 is 0 Å². The van der Waals surface area contributed by atoms with Gasteiger partial charge in [-0.25, -0.2) is 4.98 Å². The van der Waals surface area contributed by atoms with Crippen LogP contribution in [0.1, 0.15) is 10.4 Å². The smallest absolute Gasteiger partial charge is 0.263 e. The van der Waals surface area contributed by atoms with Crippen molar-refractivity contribution in [2.45, 2.75) is 0 Å². The van der Waals surface area contributed by atoms with Crippen molar-refractivity contribution in [2.24, 2.45) is 0 Å². The number of benzene rings is 2. The van der Waals surface area contributed by atoms with Gasteiger partial charge in [-0.1, -0.05) is 22.9 Å². The molecule has 0 unspecified atom stereocenters. The molecule has 1 aliphatic rings. The molecule has 0 N–H and O–H groups in total. The number of thiazole rings is 1. The zero-order valence-corrected chi connectivity index (χ0v) is 19.0. The Morgan fingerprint density at radius 2 is 2.00 bits per heavy atom. The highest BCUT2D eigenvalue weighted by Crippen LogP contribution is 2.33. The monoisotopic (exact) mass is 461 g/mol. The first-order valence-corrected chi connectivity index (χ1v) is 11.2. The first-order chi connectivity index (χ1) is 15.1. The van der Waals surface area contributed by atoms with E-state index in [0.29, 0.717) is 41.2 Å². The molecule has 1 fully saturated rings. The lowest BCUT2D eigenvalue weighted by atomic mass is 10.1. The third-order valence-electron chi connectivity index (χ3n) is 5.19. The van der Waals surface area contributed by atoms with Crippen LogP contribution in [-0.2, 0) is 4.74 Å². The number of carbonyl (C=O) groups excluding carboxylic acids is 1. The Kier molecular flexibility index (Phi) is 6.92. The number of hydrogen-bond acceptors (Lipinski definition) is 7. The molecule has 164 valence electrons. The van der Waals surface area contributed by atoms with Gasteiger partial charge in [0, 0.05) is 37.3 Å². The molecule has 0 saturated carbocycles. The molecule has 1 aromatic heterocycles. The highest BCUT2D eigenvalue weighted by atomic mass is 35.5. The Morgan fingerprint density at radius 3 is 2.74 bits per heavy atom. The van der Waals surface area contributed by atoms with Gasteiger partial charge >= 0.3 is 0 Å². The van der Waals surface area contributed by atoms with Crippen molar-refractivity contribution in [3.8, 4) is 11.5 Å². The van der Waals surface area contributed by atoms with Crippen molar-refractivity contribution in [3.05, 3.63) is 47.0 Å². The van der Waals surface area contributed by atoms with Crippen molar-refractivity contribution in [3.63, 3.8) is 0 Å². The van der Waals surface area contributed by atoms with Crippen LogP contribution in [0, 0.1) is 0 Å². The van der Waals surface area contributed by atoms with Crippen LogP contribution in [0.25, 0.3) is 10.2 Å². The highest BCUT2D eigenvalue weighted by molar-refractivity contribution is 7.22. The van der Waals surface area contributed by atoms with E-state index in [1.807, 2.05) is 18.2 Å². The minimum Gasteiger partial charge on any atom is -0.497 e. The zero-order chi connectivity index (χ0) is 21.8. The largest absolute Gasteiger partial charge is 0.497 e. The summed E-state index contributed by atoms with van der Waals surface area (Å²) in [6, 6.07) is 10.8. The van der Waals surface area contributed by atoms with E-state index in [0.717, 1.165) is 35.6 Å². The standard InChI is InChI=1S/C22H24ClN3O4S/c1-28-16-4-6-20-18(14-16)24-22(31-20)26(8-7-25-9-11-30-12-10-25)21(27)17-13-15(23)3-5-19(17)29-2/h3-6,13-14H,7-12H2,1-2H3. The summed E-state index contributed by atoms with van der Waals surface area (Å²) in [6.07, 6.45) is 0. The number of methoxy groups -OCH3 is 2. The maximum absolute atomic E-state index is 13.6. The summed E-state index contributed by atoms with van der Waals surface area (Å²) in [5.41, 5.74) is 1.20. The summed E-state index contributed by atoms with van der Waals surface area (Å²) in [6.45, 7) is 4.32. The van der Waals surface area contributed by atoms with E-state index in [2.05, 4.69) is 4.90 Å². The number of ether oxygens (including phenoxy) is 3. The lowest BCUT2D eigenvalue weighted by Gasteiger charge is -2.29. The van der Waals surface area contributed by atoms with Crippen molar-refractivity contribution in [1.29, 1.82) is 0 Å². The number of carbonyl (C=O) groups is 1. The minimum absolute atomic E-state index is 0.196. The van der Waals surface area contributed by atoms with Gasteiger partial charge in [-0.15, -0.1) is 0 Å². The number of aromatic nitrogens is 1. The van der Waals surface area contributed by atoms with E-state index < -0.39 is 0 Å². The SMILES string of the molecule is COc1ccc2sc(N(CCN3CCOCC3)C(=O)c3cc(Cl)ccc3OC)nc2c1. The number of amides is 1.